The molecule has 0 aliphatic carbocycles. The summed E-state index contributed by atoms with van der Waals surface area (Å²) in [5, 5.41) is 9.14. The van der Waals surface area contributed by atoms with Crippen molar-refractivity contribution in [2.75, 3.05) is 10.6 Å². The van der Waals surface area contributed by atoms with Crippen LogP contribution in [0.25, 0.3) is 0 Å². The van der Waals surface area contributed by atoms with E-state index in [0.29, 0.717) is 27.5 Å². The number of hydrogen-bond acceptors (Lipinski definition) is 3. The highest BCUT2D eigenvalue weighted by Crippen LogP contribution is 2.40. The molecular formula is C15H10ClN3O2. The Kier molecular flexibility index (Phi) is 2.32. The Labute approximate surface area is 125 Å². The first-order valence-corrected chi connectivity index (χ1v) is 6.79. The Morgan fingerprint density at radius 1 is 0.952 bits per heavy atom. The van der Waals surface area contributed by atoms with Gasteiger partial charge in [-0.3, -0.25) is 9.59 Å². The summed E-state index contributed by atoms with van der Waals surface area (Å²) in [5.74, 6) is -0.643. The summed E-state index contributed by atoms with van der Waals surface area (Å²) in [6.45, 7) is 0. The van der Waals surface area contributed by atoms with Crippen LogP contribution in [-0.4, -0.2) is 11.8 Å². The summed E-state index contributed by atoms with van der Waals surface area (Å²) in [6.07, 6.45) is 0. The van der Waals surface area contributed by atoms with Crippen LogP contribution in [0.2, 0.25) is 5.02 Å². The highest BCUT2D eigenvalue weighted by atomic mass is 35.5. The Balaban J connectivity index is 1.90. The van der Waals surface area contributed by atoms with Gasteiger partial charge in [0.2, 0.25) is 5.66 Å². The van der Waals surface area contributed by atoms with Gasteiger partial charge in [-0.1, -0.05) is 29.8 Å². The average Bonchev–Trinajstić information content (AvgIpc) is 2.73. The van der Waals surface area contributed by atoms with Gasteiger partial charge in [0, 0.05) is 22.0 Å². The van der Waals surface area contributed by atoms with Gasteiger partial charge in [-0.2, -0.15) is 0 Å². The molecule has 2 aromatic rings. The molecule has 21 heavy (non-hydrogen) atoms. The topological polar surface area (TPSA) is 70.2 Å². The van der Waals surface area contributed by atoms with Gasteiger partial charge in [0.1, 0.15) is 0 Å². The SMILES string of the molecule is O=C1NC2(Nc3ccc(Cl)cc31)C(=O)Nc1ccccc12. The number of rotatable bonds is 0. The first kappa shape index (κ1) is 12.2. The van der Waals surface area contributed by atoms with E-state index < -0.39 is 5.66 Å². The predicted octanol–water partition coefficient (Wildman–Crippen LogP) is 2.30. The molecule has 0 saturated heterocycles. The number of carbonyl (C=O) groups is 2. The van der Waals surface area contributed by atoms with Gasteiger partial charge in [0.15, 0.2) is 0 Å². The normalized spacial score (nSPS) is 22.1. The smallest absolute Gasteiger partial charge is 0.275 e. The number of hydrogen-bond donors (Lipinski definition) is 3. The largest absolute Gasteiger partial charge is 0.350 e. The number of benzene rings is 2. The average molecular weight is 300 g/mol. The van der Waals surface area contributed by atoms with E-state index in [1.807, 2.05) is 12.1 Å². The third-order valence-corrected chi connectivity index (χ3v) is 4.00. The molecule has 104 valence electrons. The zero-order valence-electron chi connectivity index (χ0n) is 10.7. The molecule has 0 bridgehead atoms. The Morgan fingerprint density at radius 2 is 1.76 bits per heavy atom. The van der Waals surface area contributed by atoms with Gasteiger partial charge in [0.05, 0.1) is 5.56 Å². The second-order valence-corrected chi connectivity index (χ2v) is 5.46. The van der Waals surface area contributed by atoms with Gasteiger partial charge < -0.3 is 16.0 Å². The lowest BCUT2D eigenvalue weighted by Gasteiger charge is -2.35. The van der Waals surface area contributed by atoms with Crippen LogP contribution in [0.15, 0.2) is 42.5 Å². The summed E-state index contributed by atoms with van der Waals surface area (Å²) >= 11 is 5.92. The molecule has 1 atom stereocenters. The van der Waals surface area contributed by atoms with E-state index in [1.165, 1.54) is 0 Å². The maximum Gasteiger partial charge on any atom is 0.275 e. The summed E-state index contributed by atoms with van der Waals surface area (Å²) in [4.78, 5) is 24.8. The van der Waals surface area contributed by atoms with Gasteiger partial charge in [0.25, 0.3) is 11.8 Å². The molecule has 2 amide bonds. The van der Waals surface area contributed by atoms with E-state index in [-0.39, 0.29) is 11.8 Å². The summed E-state index contributed by atoms with van der Waals surface area (Å²) in [5.41, 5.74) is 1.12. The van der Waals surface area contributed by atoms with E-state index in [4.69, 9.17) is 11.6 Å². The molecule has 2 aliphatic rings. The minimum Gasteiger partial charge on any atom is -0.350 e. The van der Waals surface area contributed by atoms with E-state index >= 15 is 0 Å². The molecule has 2 aliphatic heterocycles. The number of nitrogens with one attached hydrogen (secondary N) is 3. The van der Waals surface area contributed by atoms with Crippen molar-refractivity contribution in [1.29, 1.82) is 0 Å². The Hall–Kier alpha value is -2.53. The molecule has 1 spiro atoms. The quantitative estimate of drug-likeness (QED) is 0.699. The number of para-hydroxylation sites is 1. The van der Waals surface area contributed by atoms with Crippen LogP contribution in [-0.2, 0) is 10.5 Å². The van der Waals surface area contributed by atoms with Crippen molar-refractivity contribution in [3.8, 4) is 0 Å². The fraction of sp³-hybridized carbons (Fsp3) is 0.0667. The lowest BCUT2D eigenvalue weighted by atomic mass is 9.96. The van der Waals surface area contributed by atoms with Crippen LogP contribution in [0.4, 0.5) is 11.4 Å². The first-order valence-electron chi connectivity index (χ1n) is 6.41. The standard InChI is InChI=1S/C15H10ClN3O2/c16-8-5-6-11-9(7-8)13(20)19-15(18-11)10-3-1-2-4-12(10)17-14(15)21/h1-7,18H,(H,17,21)(H,19,20). The number of carbonyl (C=O) groups excluding carboxylic acids is 2. The van der Waals surface area contributed by atoms with Gasteiger partial charge >= 0.3 is 0 Å². The van der Waals surface area contributed by atoms with Crippen LogP contribution < -0.4 is 16.0 Å². The molecule has 2 aromatic carbocycles. The van der Waals surface area contributed by atoms with Crippen molar-refractivity contribution in [2.45, 2.75) is 5.66 Å². The highest BCUT2D eigenvalue weighted by Gasteiger charge is 2.51. The van der Waals surface area contributed by atoms with Gasteiger partial charge in [-0.05, 0) is 24.3 Å². The Morgan fingerprint density at radius 3 is 2.62 bits per heavy atom. The van der Waals surface area contributed by atoms with Crippen LogP contribution in [0.3, 0.4) is 0 Å². The molecule has 0 fully saturated rings. The van der Waals surface area contributed by atoms with Crippen LogP contribution in [0.5, 0.6) is 0 Å². The number of anilines is 2. The van der Waals surface area contributed by atoms with Crippen LogP contribution >= 0.6 is 11.6 Å². The summed E-state index contributed by atoms with van der Waals surface area (Å²) in [7, 11) is 0. The highest BCUT2D eigenvalue weighted by molar-refractivity contribution is 6.31. The van der Waals surface area contributed by atoms with Crippen molar-refractivity contribution < 1.29 is 9.59 Å². The third kappa shape index (κ3) is 1.58. The monoisotopic (exact) mass is 299 g/mol. The van der Waals surface area contributed by atoms with Crippen molar-refractivity contribution in [2.24, 2.45) is 0 Å². The number of amides is 2. The van der Waals surface area contributed by atoms with Crippen molar-refractivity contribution in [3.63, 3.8) is 0 Å². The fourth-order valence-electron chi connectivity index (χ4n) is 2.79. The van der Waals surface area contributed by atoms with Crippen molar-refractivity contribution in [1.82, 2.24) is 5.32 Å². The van der Waals surface area contributed by atoms with E-state index in [1.54, 1.807) is 30.3 Å². The molecule has 0 saturated carbocycles. The first-order chi connectivity index (χ1) is 10.1. The maximum atomic E-state index is 12.4. The minimum atomic E-state index is -1.27. The molecule has 3 N–H and O–H groups in total. The van der Waals surface area contributed by atoms with Crippen molar-refractivity contribution in [3.05, 3.63) is 58.6 Å². The summed E-state index contributed by atoms with van der Waals surface area (Å²) < 4.78 is 0. The lowest BCUT2D eigenvalue weighted by molar-refractivity contribution is -0.120. The van der Waals surface area contributed by atoms with Crippen molar-refractivity contribution >= 4 is 34.8 Å². The van der Waals surface area contributed by atoms with E-state index in [0.717, 1.165) is 0 Å². The number of fused-ring (bicyclic) bond motifs is 3. The predicted molar refractivity (Wildman–Crippen MR) is 79.3 cm³/mol. The van der Waals surface area contributed by atoms with Crippen LogP contribution in [0, 0.1) is 0 Å². The lowest BCUT2D eigenvalue weighted by Crippen LogP contribution is -2.59. The molecule has 0 aromatic heterocycles. The fourth-order valence-corrected chi connectivity index (χ4v) is 2.96. The minimum absolute atomic E-state index is 0.308. The van der Waals surface area contributed by atoms with E-state index in [2.05, 4.69) is 16.0 Å². The molecular weight excluding hydrogens is 290 g/mol. The summed E-state index contributed by atoms with van der Waals surface area (Å²) in [6, 6.07) is 12.2. The van der Waals surface area contributed by atoms with Crippen LogP contribution in [0.1, 0.15) is 15.9 Å². The Bertz CT molecular complexity index is 805. The van der Waals surface area contributed by atoms with Gasteiger partial charge in [-0.25, -0.2) is 0 Å². The molecule has 1 unspecified atom stereocenters. The second kappa shape index (κ2) is 3.99. The molecule has 2 heterocycles. The molecule has 5 nitrogen and oxygen atoms in total. The zero-order valence-corrected chi connectivity index (χ0v) is 11.5. The third-order valence-electron chi connectivity index (χ3n) is 3.77. The maximum absolute atomic E-state index is 12.4. The molecule has 6 heteroatoms. The molecule has 0 radical (unpaired) electrons. The molecule has 4 rings (SSSR count). The zero-order chi connectivity index (χ0) is 14.6. The van der Waals surface area contributed by atoms with Gasteiger partial charge in [-0.15, -0.1) is 0 Å². The second-order valence-electron chi connectivity index (χ2n) is 5.02. The van der Waals surface area contributed by atoms with E-state index in [9.17, 15) is 9.59 Å². The number of halogens is 1.